The fraction of sp³-hybridized carbons (Fsp3) is 0.564. The van der Waals surface area contributed by atoms with Gasteiger partial charge in [0.1, 0.15) is 23.3 Å². The molecular weight excluding hydrogens is 993 g/mol. The number of rotatable bonds is 10. The van der Waals surface area contributed by atoms with Gasteiger partial charge in [0.2, 0.25) is 0 Å². The molecule has 4 atom stereocenters. The Morgan fingerprint density at radius 2 is 0.961 bits per heavy atom. The number of hydrogen-bond acceptors (Lipinski definition) is 11. The van der Waals surface area contributed by atoms with E-state index >= 15 is 0 Å². The summed E-state index contributed by atoms with van der Waals surface area (Å²) >= 11 is 0. The van der Waals surface area contributed by atoms with Crippen LogP contribution >= 0.6 is 0 Å². The van der Waals surface area contributed by atoms with Crippen LogP contribution in [0.1, 0.15) is 56.6 Å². The molecule has 0 radical (unpaired) electrons. The fourth-order valence-electron chi connectivity index (χ4n) is 11.1. The summed E-state index contributed by atoms with van der Waals surface area (Å²) in [7, 11) is 0. The van der Waals surface area contributed by atoms with Crippen molar-refractivity contribution in [2.45, 2.75) is 77.7 Å². The molecule has 10 rings (SSSR count). The van der Waals surface area contributed by atoms with Crippen LogP contribution in [0.5, 0.6) is 0 Å². The molecule has 21 heteroatoms. The van der Waals surface area contributed by atoms with E-state index < -0.39 is 37.0 Å². The summed E-state index contributed by atoms with van der Waals surface area (Å²) in [6.45, 7) is 16.5. The van der Waals surface area contributed by atoms with Crippen molar-refractivity contribution in [2.75, 3.05) is 135 Å². The monoisotopic (exact) mass is 1060 g/mol. The number of nitrogens with zero attached hydrogens (tertiary/aromatic N) is 8. The molecule has 0 saturated carbocycles. The van der Waals surface area contributed by atoms with Crippen molar-refractivity contribution in [1.29, 1.82) is 0 Å². The minimum atomic E-state index is -4.22. The molecule has 76 heavy (non-hydrogen) atoms. The van der Waals surface area contributed by atoms with Crippen molar-refractivity contribution in [2.24, 2.45) is 23.5 Å². The van der Waals surface area contributed by atoms with Crippen LogP contribution in [0.2, 0.25) is 0 Å². The van der Waals surface area contributed by atoms with Gasteiger partial charge in [-0.15, -0.1) is 0 Å². The van der Waals surface area contributed by atoms with Crippen molar-refractivity contribution in [1.82, 2.24) is 19.8 Å². The molecular formula is C55H71F6N11O4. The van der Waals surface area contributed by atoms with E-state index in [1.807, 2.05) is 50.2 Å². The maximum absolute atomic E-state index is 12.9. The summed E-state index contributed by atoms with van der Waals surface area (Å²) in [5, 5.41) is 5.81. The largest absolute Gasteiger partial charge is 0.389 e. The van der Waals surface area contributed by atoms with Crippen LogP contribution in [0.3, 0.4) is 0 Å². The van der Waals surface area contributed by atoms with Gasteiger partial charge < -0.3 is 55.2 Å². The van der Waals surface area contributed by atoms with Crippen molar-refractivity contribution >= 4 is 46.7 Å². The lowest BCUT2D eigenvalue weighted by Crippen LogP contribution is -2.37. The minimum Gasteiger partial charge on any atom is -0.378 e. The number of aromatic nitrogens is 2. The Morgan fingerprint density at radius 1 is 0.553 bits per heavy atom. The highest BCUT2D eigenvalue weighted by atomic mass is 19.4. The number of morpholine rings is 2. The van der Waals surface area contributed by atoms with Crippen LogP contribution in [0.25, 0.3) is 22.3 Å². The van der Waals surface area contributed by atoms with Gasteiger partial charge in [-0.05, 0) is 139 Å². The van der Waals surface area contributed by atoms with Crippen molar-refractivity contribution in [3.63, 3.8) is 0 Å². The lowest BCUT2D eigenvalue weighted by Gasteiger charge is -2.29. The van der Waals surface area contributed by atoms with Gasteiger partial charge in [-0.25, -0.2) is 19.6 Å². The number of hydrogen-bond donors (Lipinski definition) is 3. The fourth-order valence-corrected chi connectivity index (χ4v) is 11.1. The molecule has 2 aromatic carbocycles. The highest BCUT2D eigenvalue weighted by molar-refractivity contribution is 5.92. The van der Waals surface area contributed by atoms with E-state index in [9.17, 15) is 35.9 Å². The van der Waals surface area contributed by atoms with Gasteiger partial charge >= 0.3 is 24.4 Å². The molecule has 4 N–H and O–H groups in total. The van der Waals surface area contributed by atoms with E-state index in [4.69, 9.17) is 25.2 Å². The second kappa shape index (κ2) is 23.7. The number of urea groups is 2. The number of carbonyl (C=O) groups excluding carboxylic acids is 2. The zero-order valence-electron chi connectivity index (χ0n) is 43.7. The third kappa shape index (κ3) is 14.3. The normalized spacial score (nSPS) is 22.3. The predicted molar refractivity (Wildman–Crippen MR) is 284 cm³/mol. The van der Waals surface area contributed by atoms with Crippen LogP contribution in [-0.2, 0) is 9.47 Å². The second-order valence-electron chi connectivity index (χ2n) is 21.4. The standard InChI is InChI=1S/C28H36F3N5O2.C27H35F3N6O2/c1-19-5-7-35(17-19)26-14-22(13-25(33-26)34-9-11-38-12-10-34)24-15-23(4-3-20(24)2)32-27(37)36-8-6-21(18-36)16-28(29,30)31;1-18-2-3-22(32-26(37)36-6-4-19(16-36)15-27(28,29)30)14-23(18)20-12-24(34-8-10-38-11-9-34)33-25(13-20)35-7-5-21(31)17-35/h3-4,13-15,19,21H,5-12,16-18H2,1-2H3,(H,32,37);2-3,12-14,19,21H,4-11,15-17,31H2,1H3,(H,32,37)/t2*19-,21+/m10/s1. The second-order valence-corrected chi connectivity index (χ2v) is 21.4. The first-order valence-electron chi connectivity index (χ1n) is 26.7. The molecule has 0 aliphatic carbocycles. The number of alkyl halides is 6. The molecule has 412 valence electrons. The van der Waals surface area contributed by atoms with E-state index in [1.165, 1.54) is 9.80 Å². The van der Waals surface area contributed by atoms with Gasteiger partial charge in [0.25, 0.3) is 0 Å². The third-order valence-corrected chi connectivity index (χ3v) is 15.3. The van der Waals surface area contributed by atoms with Gasteiger partial charge in [0, 0.05) is 109 Å². The summed E-state index contributed by atoms with van der Waals surface area (Å²) in [5.41, 5.74) is 13.5. The molecule has 4 aromatic rings. The Morgan fingerprint density at radius 3 is 1.34 bits per heavy atom. The number of benzene rings is 2. The Bertz CT molecular complexity index is 2440. The Hall–Kier alpha value is -6.06. The van der Waals surface area contributed by atoms with E-state index in [2.05, 4.69) is 61.4 Å². The molecule has 2 aromatic heterocycles. The number of anilines is 6. The van der Waals surface area contributed by atoms with E-state index in [0.29, 0.717) is 69.7 Å². The molecule has 0 unspecified atom stereocenters. The molecule has 15 nitrogen and oxygen atoms in total. The van der Waals surface area contributed by atoms with Crippen LogP contribution in [-0.4, -0.2) is 155 Å². The number of carbonyl (C=O) groups is 2. The summed E-state index contributed by atoms with van der Waals surface area (Å²) in [6.07, 6.45) is -7.35. The number of aryl methyl sites for hydroxylation is 2. The number of likely N-dealkylation sites (tertiary alicyclic amines) is 2. The van der Waals surface area contributed by atoms with Crippen LogP contribution in [0.4, 0.5) is 70.6 Å². The van der Waals surface area contributed by atoms with Crippen LogP contribution < -0.4 is 36.0 Å². The molecule has 6 aliphatic rings. The summed E-state index contributed by atoms with van der Waals surface area (Å²) < 4.78 is 87.8. The number of halogens is 6. The SMILES string of the molecule is Cc1ccc(NC(=O)N2CC[C@@H](CC(F)(F)F)C2)cc1-c1cc(N2CCOCC2)nc(N2CC[C@@H](C)C2)c1.Cc1ccc(NC(=O)N2CC[C@@H](CC(F)(F)F)C2)cc1-c1cc(N2CCOCC2)nc(N2CC[C@@H](N)C2)c1. The molecule has 0 spiro atoms. The van der Waals surface area contributed by atoms with Gasteiger partial charge in [0.15, 0.2) is 0 Å². The summed E-state index contributed by atoms with van der Waals surface area (Å²) in [5.74, 6) is 3.14. The molecule has 6 aliphatic heterocycles. The number of pyridine rings is 2. The Kier molecular flexibility index (Phi) is 17.0. The van der Waals surface area contributed by atoms with Crippen LogP contribution in [0, 0.1) is 31.6 Å². The van der Waals surface area contributed by atoms with Gasteiger partial charge in [-0.1, -0.05) is 19.1 Å². The molecule has 6 fully saturated rings. The topological polar surface area (TPSA) is 148 Å². The highest BCUT2D eigenvalue weighted by Crippen LogP contribution is 2.37. The smallest absolute Gasteiger partial charge is 0.378 e. The number of nitrogens with one attached hydrogen (secondary N) is 2. The minimum absolute atomic E-state index is 0.110. The average molecular weight is 1060 g/mol. The summed E-state index contributed by atoms with van der Waals surface area (Å²) in [6, 6.07) is 19.2. The Labute approximate surface area is 441 Å². The number of ether oxygens (including phenoxy) is 2. The average Bonchev–Trinajstić information content (AvgIpc) is 4.24. The quantitative estimate of drug-likeness (QED) is 0.131. The Balaban J connectivity index is 0.000000186. The first kappa shape index (κ1) is 54.7. The highest BCUT2D eigenvalue weighted by Gasteiger charge is 2.38. The molecule has 6 saturated heterocycles. The van der Waals surface area contributed by atoms with Gasteiger partial charge in [-0.2, -0.15) is 26.3 Å². The first-order valence-corrected chi connectivity index (χ1v) is 26.7. The van der Waals surface area contributed by atoms with Crippen LogP contribution in [0.15, 0.2) is 60.7 Å². The zero-order chi connectivity index (χ0) is 53.7. The lowest BCUT2D eigenvalue weighted by molar-refractivity contribution is -0.144. The molecule has 0 bridgehead atoms. The van der Waals surface area contributed by atoms with Gasteiger partial charge in [0.05, 0.1) is 26.4 Å². The lowest BCUT2D eigenvalue weighted by atomic mass is 10.00. The van der Waals surface area contributed by atoms with Gasteiger partial charge in [-0.3, -0.25) is 0 Å². The third-order valence-electron chi connectivity index (χ3n) is 15.3. The maximum atomic E-state index is 12.9. The van der Waals surface area contributed by atoms with E-state index in [0.717, 1.165) is 122 Å². The molecule has 4 amide bonds. The maximum Gasteiger partial charge on any atom is 0.389 e. The first-order chi connectivity index (χ1) is 36.3. The molecule has 8 heterocycles. The predicted octanol–water partition coefficient (Wildman–Crippen LogP) is 9.78. The summed E-state index contributed by atoms with van der Waals surface area (Å²) in [4.78, 5) is 47.7. The van der Waals surface area contributed by atoms with Crippen molar-refractivity contribution in [3.05, 3.63) is 71.8 Å². The van der Waals surface area contributed by atoms with Crippen molar-refractivity contribution in [3.8, 4) is 22.3 Å². The number of amides is 4. The number of nitrogens with two attached hydrogens (primary N) is 1. The van der Waals surface area contributed by atoms with E-state index in [1.54, 1.807) is 0 Å². The van der Waals surface area contributed by atoms with E-state index in [-0.39, 0.29) is 31.2 Å². The van der Waals surface area contributed by atoms with Crippen molar-refractivity contribution < 1.29 is 45.4 Å². The zero-order valence-corrected chi connectivity index (χ0v) is 43.7.